The summed E-state index contributed by atoms with van der Waals surface area (Å²) < 4.78 is 32.6. The largest absolute Gasteiger partial charge is 0.387 e. The second-order valence-corrected chi connectivity index (χ2v) is 17.3. The Balaban J connectivity index is 3.96. The number of rotatable bonds is 41. The number of allylic oxidation sites excluding steroid dienone is 3. The first kappa shape index (κ1) is 51.8. The van der Waals surface area contributed by atoms with Crippen LogP contribution in [0.5, 0.6) is 0 Å². The summed E-state index contributed by atoms with van der Waals surface area (Å²) >= 11 is 0. The zero-order valence-electron chi connectivity index (χ0n) is 34.8. The van der Waals surface area contributed by atoms with Gasteiger partial charge in [-0.05, 0) is 44.9 Å². The van der Waals surface area contributed by atoms with E-state index in [-0.39, 0.29) is 6.42 Å². The zero-order chi connectivity index (χ0) is 39.1. The number of hydrogen-bond donors (Lipinski definition) is 4. The molecule has 1 amide bonds. The number of nitrogens with one attached hydrogen (secondary N) is 1. The molecule has 4 N–H and O–H groups in total. The molecule has 53 heavy (non-hydrogen) atoms. The number of carbonyl (C=O) groups is 1. The number of aliphatic hydroxyl groups is 2. The number of unbranched alkanes of at least 4 members (excludes halogenated alkanes) is 30. The van der Waals surface area contributed by atoms with Crippen molar-refractivity contribution in [2.75, 3.05) is 5.75 Å². The molecular formula is C45H87NO6S. The van der Waals surface area contributed by atoms with Crippen molar-refractivity contribution in [3.63, 3.8) is 0 Å². The van der Waals surface area contributed by atoms with Gasteiger partial charge in [0.15, 0.2) is 0 Å². The molecule has 0 radical (unpaired) electrons. The van der Waals surface area contributed by atoms with Crippen molar-refractivity contribution in [3.05, 3.63) is 24.3 Å². The van der Waals surface area contributed by atoms with E-state index in [1.54, 1.807) is 6.08 Å². The van der Waals surface area contributed by atoms with Crippen LogP contribution in [0.15, 0.2) is 24.3 Å². The van der Waals surface area contributed by atoms with E-state index in [4.69, 9.17) is 0 Å². The Labute approximate surface area is 328 Å². The molecule has 314 valence electrons. The molecule has 3 atom stereocenters. The van der Waals surface area contributed by atoms with Crippen molar-refractivity contribution < 1.29 is 28.0 Å². The van der Waals surface area contributed by atoms with Gasteiger partial charge in [-0.25, -0.2) is 0 Å². The lowest BCUT2D eigenvalue weighted by Crippen LogP contribution is -2.50. The van der Waals surface area contributed by atoms with E-state index < -0.39 is 40.0 Å². The molecular weight excluding hydrogens is 683 g/mol. The minimum absolute atomic E-state index is 0.275. The summed E-state index contributed by atoms with van der Waals surface area (Å²) in [6.07, 6.45) is 46.6. The van der Waals surface area contributed by atoms with Gasteiger partial charge in [0.25, 0.3) is 10.1 Å². The van der Waals surface area contributed by atoms with Gasteiger partial charge in [-0.15, -0.1) is 0 Å². The maximum Gasteiger partial charge on any atom is 0.267 e. The van der Waals surface area contributed by atoms with Crippen molar-refractivity contribution in [1.82, 2.24) is 5.32 Å². The third kappa shape index (κ3) is 38.8. The summed E-state index contributed by atoms with van der Waals surface area (Å²) in [4.78, 5) is 12.6. The molecule has 3 unspecified atom stereocenters. The SMILES string of the molecule is CCCCCCCCCCCCC/C=C\CCCCCCCCC(O)C(=O)NC(CS(=O)(=O)O)C(O)/C=C/CCCCCCCCCCCCCCC. The van der Waals surface area contributed by atoms with Crippen LogP contribution < -0.4 is 5.32 Å². The molecule has 0 aromatic rings. The first-order chi connectivity index (χ1) is 25.7. The fourth-order valence-corrected chi connectivity index (χ4v) is 7.72. The van der Waals surface area contributed by atoms with Gasteiger partial charge in [-0.2, -0.15) is 8.42 Å². The maximum atomic E-state index is 12.6. The van der Waals surface area contributed by atoms with Crippen LogP contribution in [0.25, 0.3) is 0 Å². The summed E-state index contributed by atoms with van der Waals surface area (Å²) in [5.41, 5.74) is 0. The summed E-state index contributed by atoms with van der Waals surface area (Å²) in [6, 6.07) is -1.23. The molecule has 0 aromatic carbocycles. The van der Waals surface area contributed by atoms with E-state index in [9.17, 15) is 28.0 Å². The molecule has 0 fully saturated rings. The van der Waals surface area contributed by atoms with Crippen molar-refractivity contribution in [2.24, 2.45) is 0 Å². The Bertz CT molecular complexity index is 953. The second-order valence-electron chi connectivity index (χ2n) is 15.8. The second kappa shape index (κ2) is 39.0. The minimum atomic E-state index is -4.44. The molecule has 0 rings (SSSR count). The van der Waals surface area contributed by atoms with E-state index in [0.717, 1.165) is 44.9 Å². The highest BCUT2D eigenvalue weighted by Crippen LogP contribution is 2.15. The van der Waals surface area contributed by atoms with Crippen molar-refractivity contribution in [3.8, 4) is 0 Å². The summed E-state index contributed by atoms with van der Waals surface area (Å²) in [6.45, 7) is 4.52. The van der Waals surface area contributed by atoms with E-state index >= 15 is 0 Å². The van der Waals surface area contributed by atoms with Gasteiger partial charge < -0.3 is 15.5 Å². The summed E-state index contributed by atoms with van der Waals surface area (Å²) in [5, 5.41) is 23.4. The van der Waals surface area contributed by atoms with E-state index in [1.165, 1.54) is 167 Å². The number of aliphatic hydroxyl groups excluding tert-OH is 2. The first-order valence-electron chi connectivity index (χ1n) is 22.6. The van der Waals surface area contributed by atoms with Crippen molar-refractivity contribution in [2.45, 2.75) is 250 Å². The Morgan fingerprint density at radius 3 is 1.19 bits per heavy atom. The Kier molecular flexibility index (Phi) is 38.1. The first-order valence-corrected chi connectivity index (χ1v) is 24.3. The van der Waals surface area contributed by atoms with E-state index in [0.29, 0.717) is 6.42 Å². The van der Waals surface area contributed by atoms with Crippen molar-refractivity contribution >= 4 is 16.0 Å². The molecule has 0 spiro atoms. The van der Waals surface area contributed by atoms with Gasteiger partial charge in [0, 0.05) is 0 Å². The molecule has 0 aliphatic rings. The molecule has 0 heterocycles. The van der Waals surface area contributed by atoms with Crippen LogP contribution in [0.3, 0.4) is 0 Å². The fourth-order valence-electron chi connectivity index (χ4n) is 6.98. The lowest BCUT2D eigenvalue weighted by molar-refractivity contribution is -0.130. The van der Waals surface area contributed by atoms with Gasteiger partial charge in [0.1, 0.15) is 6.10 Å². The Hall–Kier alpha value is -1.22. The number of amides is 1. The molecule has 0 aliphatic carbocycles. The molecule has 7 nitrogen and oxygen atoms in total. The molecule has 0 bridgehead atoms. The van der Waals surface area contributed by atoms with E-state index in [1.807, 2.05) is 0 Å². The van der Waals surface area contributed by atoms with Crippen LogP contribution >= 0.6 is 0 Å². The van der Waals surface area contributed by atoms with Gasteiger partial charge in [0.05, 0.1) is 17.9 Å². The maximum absolute atomic E-state index is 12.6. The summed E-state index contributed by atoms with van der Waals surface area (Å²) in [7, 11) is -4.44. The molecule has 8 heteroatoms. The molecule has 0 aromatic heterocycles. The van der Waals surface area contributed by atoms with Crippen LogP contribution in [0.1, 0.15) is 232 Å². The van der Waals surface area contributed by atoms with Crippen LogP contribution in [-0.4, -0.2) is 53.1 Å². The fraction of sp³-hybridized carbons (Fsp3) is 0.889. The lowest BCUT2D eigenvalue weighted by atomic mass is 10.0. The third-order valence-corrected chi connectivity index (χ3v) is 11.3. The number of hydrogen-bond acceptors (Lipinski definition) is 5. The highest BCUT2D eigenvalue weighted by molar-refractivity contribution is 7.85. The standard InChI is InChI=1S/C45H87NO6S/c1-3-5-7-9-11-13-15-17-19-20-21-22-23-24-26-28-30-32-34-36-38-40-44(48)45(49)46-42(41-53(50,51)52)43(47)39-37-35-33-31-29-27-25-18-16-14-12-10-8-6-4-2/h23-24,37,39,42-44,47-48H,3-22,25-36,38,40-41H2,1-2H3,(H,46,49)(H,50,51,52)/b24-23-,39-37+. The lowest BCUT2D eigenvalue weighted by Gasteiger charge is -2.22. The van der Waals surface area contributed by atoms with Gasteiger partial charge >= 0.3 is 0 Å². The highest BCUT2D eigenvalue weighted by Gasteiger charge is 2.27. The monoisotopic (exact) mass is 770 g/mol. The van der Waals surface area contributed by atoms with Crippen LogP contribution in [-0.2, 0) is 14.9 Å². The Morgan fingerprint density at radius 2 is 0.830 bits per heavy atom. The third-order valence-electron chi connectivity index (χ3n) is 10.5. The molecule has 0 saturated carbocycles. The van der Waals surface area contributed by atoms with Crippen LogP contribution in [0.2, 0.25) is 0 Å². The minimum Gasteiger partial charge on any atom is -0.387 e. The van der Waals surface area contributed by atoms with Gasteiger partial charge in [-0.3, -0.25) is 9.35 Å². The predicted octanol–water partition coefficient (Wildman–Crippen LogP) is 12.5. The van der Waals surface area contributed by atoms with Crippen molar-refractivity contribution in [1.29, 1.82) is 0 Å². The van der Waals surface area contributed by atoms with Crippen LogP contribution in [0, 0.1) is 0 Å². The highest BCUT2D eigenvalue weighted by atomic mass is 32.2. The smallest absolute Gasteiger partial charge is 0.267 e. The van der Waals surface area contributed by atoms with Gasteiger partial charge in [-0.1, -0.05) is 212 Å². The average Bonchev–Trinajstić information content (AvgIpc) is 3.12. The quantitative estimate of drug-likeness (QED) is 0.0279. The van der Waals surface area contributed by atoms with Gasteiger partial charge in [0.2, 0.25) is 5.91 Å². The Morgan fingerprint density at radius 1 is 0.509 bits per heavy atom. The normalized spacial score (nSPS) is 14.0. The number of carbonyl (C=O) groups excluding carboxylic acids is 1. The molecule has 0 aliphatic heterocycles. The topological polar surface area (TPSA) is 124 Å². The molecule has 0 saturated heterocycles. The average molecular weight is 770 g/mol. The van der Waals surface area contributed by atoms with E-state index in [2.05, 4.69) is 31.3 Å². The predicted molar refractivity (Wildman–Crippen MR) is 227 cm³/mol. The summed E-state index contributed by atoms with van der Waals surface area (Å²) in [5.74, 6) is -1.54. The van der Waals surface area contributed by atoms with Crippen LogP contribution in [0.4, 0.5) is 0 Å². The zero-order valence-corrected chi connectivity index (χ0v) is 35.6.